The highest BCUT2D eigenvalue weighted by molar-refractivity contribution is 7.99. The van der Waals surface area contributed by atoms with E-state index < -0.39 is 5.54 Å². The molecule has 2 rings (SSSR count). The van der Waals surface area contributed by atoms with Gasteiger partial charge in [-0.05, 0) is 62.9 Å². The average Bonchev–Trinajstić information content (AvgIpc) is 2.86. The number of thioether (sulfide) groups is 1. The van der Waals surface area contributed by atoms with Gasteiger partial charge in [0.05, 0.1) is 6.07 Å². The lowest BCUT2D eigenvalue weighted by atomic mass is 10.0. The maximum atomic E-state index is 9.09. The Bertz CT molecular complexity index is 464. The van der Waals surface area contributed by atoms with Crippen molar-refractivity contribution in [1.82, 2.24) is 5.32 Å². The Hall–Kier alpha value is -0.980. The van der Waals surface area contributed by atoms with Gasteiger partial charge in [0.25, 0.3) is 0 Å². The van der Waals surface area contributed by atoms with Crippen molar-refractivity contribution < 1.29 is 0 Å². The molecule has 0 aliphatic heterocycles. The Morgan fingerprint density at radius 3 is 2.89 bits per heavy atom. The van der Waals surface area contributed by atoms with Crippen molar-refractivity contribution in [3.8, 4) is 6.07 Å². The quantitative estimate of drug-likeness (QED) is 0.826. The van der Waals surface area contributed by atoms with E-state index in [4.69, 9.17) is 5.26 Å². The number of rotatable bonds is 5. The molecule has 96 valence electrons. The first-order chi connectivity index (χ1) is 8.67. The summed E-state index contributed by atoms with van der Waals surface area (Å²) < 4.78 is 0. The smallest absolute Gasteiger partial charge is 0.104 e. The van der Waals surface area contributed by atoms with E-state index in [1.807, 2.05) is 25.7 Å². The number of nitriles is 1. The number of benzene rings is 1. The molecule has 0 radical (unpaired) electrons. The van der Waals surface area contributed by atoms with Crippen LogP contribution in [-0.2, 0) is 12.8 Å². The van der Waals surface area contributed by atoms with Crippen molar-refractivity contribution in [2.75, 3.05) is 12.8 Å². The molecular weight excluding hydrogens is 240 g/mol. The van der Waals surface area contributed by atoms with Crippen molar-refractivity contribution >= 4 is 11.8 Å². The van der Waals surface area contributed by atoms with Gasteiger partial charge in [-0.15, -0.1) is 11.8 Å². The van der Waals surface area contributed by atoms with Gasteiger partial charge in [0.1, 0.15) is 5.54 Å². The first-order valence-electron chi connectivity index (χ1n) is 6.52. The van der Waals surface area contributed by atoms with Crippen LogP contribution in [0.5, 0.6) is 0 Å². The van der Waals surface area contributed by atoms with Gasteiger partial charge >= 0.3 is 0 Å². The summed E-state index contributed by atoms with van der Waals surface area (Å²) in [5.41, 5.74) is 2.65. The summed E-state index contributed by atoms with van der Waals surface area (Å²) in [6.07, 6.45) is 4.64. The Labute approximate surface area is 114 Å². The molecule has 0 saturated heterocycles. The summed E-state index contributed by atoms with van der Waals surface area (Å²) in [7, 11) is 1.85. The van der Waals surface area contributed by atoms with Crippen LogP contribution < -0.4 is 5.32 Å². The fourth-order valence-electron chi connectivity index (χ4n) is 2.25. The zero-order valence-corrected chi connectivity index (χ0v) is 11.9. The molecule has 1 unspecified atom stereocenters. The summed E-state index contributed by atoms with van der Waals surface area (Å²) in [5, 5.41) is 12.2. The molecule has 18 heavy (non-hydrogen) atoms. The Morgan fingerprint density at radius 1 is 1.39 bits per heavy atom. The topological polar surface area (TPSA) is 35.8 Å². The van der Waals surface area contributed by atoms with E-state index in [2.05, 4.69) is 29.6 Å². The molecule has 2 nitrogen and oxygen atoms in total. The Kier molecular flexibility index (Phi) is 4.31. The van der Waals surface area contributed by atoms with Gasteiger partial charge < -0.3 is 5.32 Å². The summed E-state index contributed by atoms with van der Waals surface area (Å²) >= 11 is 1.85. The van der Waals surface area contributed by atoms with E-state index in [1.54, 1.807) is 0 Å². The lowest BCUT2D eigenvalue weighted by Crippen LogP contribution is -2.38. The maximum absolute atomic E-state index is 9.09. The van der Waals surface area contributed by atoms with E-state index in [9.17, 15) is 0 Å². The van der Waals surface area contributed by atoms with Gasteiger partial charge in [-0.25, -0.2) is 0 Å². The van der Waals surface area contributed by atoms with Crippen molar-refractivity contribution in [2.24, 2.45) is 0 Å². The van der Waals surface area contributed by atoms with Crippen molar-refractivity contribution in [1.29, 1.82) is 5.26 Å². The molecule has 0 amide bonds. The minimum atomic E-state index is -0.399. The number of nitrogens with zero attached hydrogens (tertiary/aromatic N) is 1. The Balaban J connectivity index is 1.90. The standard InChI is InChI=1S/C15H20N2S/c1-15(11-16,17-2)8-9-18-14-7-6-12-4-3-5-13(12)10-14/h6-7,10,17H,3-5,8-9H2,1-2H3. The third-order valence-corrected chi connectivity index (χ3v) is 4.73. The number of hydrogen-bond donors (Lipinski definition) is 1. The average molecular weight is 260 g/mol. The first kappa shape index (κ1) is 13.5. The minimum Gasteiger partial charge on any atom is -0.303 e. The van der Waals surface area contributed by atoms with Gasteiger partial charge in [-0.3, -0.25) is 0 Å². The SMILES string of the molecule is CNC(C)(C#N)CCSc1ccc2c(c1)CCC2. The number of hydrogen-bond acceptors (Lipinski definition) is 3. The second-order valence-corrected chi connectivity index (χ2v) is 6.24. The summed E-state index contributed by atoms with van der Waals surface area (Å²) in [6.45, 7) is 1.95. The van der Waals surface area contributed by atoms with Gasteiger partial charge in [0.15, 0.2) is 0 Å². The van der Waals surface area contributed by atoms with Gasteiger partial charge in [-0.1, -0.05) is 6.07 Å². The van der Waals surface area contributed by atoms with Crippen LogP contribution in [0.1, 0.15) is 30.9 Å². The van der Waals surface area contributed by atoms with E-state index in [1.165, 1.54) is 35.3 Å². The van der Waals surface area contributed by atoms with Crippen LogP contribution in [0.25, 0.3) is 0 Å². The number of aryl methyl sites for hydroxylation is 2. The van der Waals surface area contributed by atoms with E-state index >= 15 is 0 Å². The van der Waals surface area contributed by atoms with Crippen LogP contribution in [0.15, 0.2) is 23.1 Å². The zero-order chi connectivity index (χ0) is 13.0. The lowest BCUT2D eigenvalue weighted by molar-refractivity contribution is 0.480. The van der Waals surface area contributed by atoms with Crippen molar-refractivity contribution in [2.45, 2.75) is 43.0 Å². The van der Waals surface area contributed by atoms with Crippen LogP contribution in [0, 0.1) is 11.3 Å². The van der Waals surface area contributed by atoms with Gasteiger partial charge in [0.2, 0.25) is 0 Å². The minimum absolute atomic E-state index is 0.399. The van der Waals surface area contributed by atoms with E-state index in [0.717, 1.165) is 12.2 Å². The first-order valence-corrected chi connectivity index (χ1v) is 7.50. The number of fused-ring (bicyclic) bond motifs is 1. The molecule has 0 heterocycles. The molecule has 0 saturated carbocycles. The van der Waals surface area contributed by atoms with Crippen LogP contribution >= 0.6 is 11.8 Å². The van der Waals surface area contributed by atoms with E-state index in [-0.39, 0.29) is 0 Å². The largest absolute Gasteiger partial charge is 0.303 e. The highest BCUT2D eigenvalue weighted by Gasteiger charge is 2.20. The molecule has 3 heteroatoms. The third-order valence-electron chi connectivity index (χ3n) is 3.74. The predicted octanol–water partition coefficient (Wildman–Crippen LogP) is 3.16. The monoisotopic (exact) mass is 260 g/mol. The van der Waals surface area contributed by atoms with Crippen molar-refractivity contribution in [3.05, 3.63) is 29.3 Å². The van der Waals surface area contributed by atoms with Crippen LogP contribution in [-0.4, -0.2) is 18.3 Å². The number of nitrogens with one attached hydrogen (secondary N) is 1. The third kappa shape index (κ3) is 3.07. The van der Waals surface area contributed by atoms with Crippen LogP contribution in [0.3, 0.4) is 0 Å². The summed E-state index contributed by atoms with van der Waals surface area (Å²) in [6, 6.07) is 9.15. The lowest BCUT2D eigenvalue weighted by Gasteiger charge is -2.20. The molecule has 0 fully saturated rings. The van der Waals surface area contributed by atoms with Gasteiger partial charge in [0, 0.05) is 10.6 Å². The molecule has 1 aliphatic rings. The molecule has 0 aromatic heterocycles. The molecule has 1 aliphatic carbocycles. The predicted molar refractivity (Wildman–Crippen MR) is 76.9 cm³/mol. The van der Waals surface area contributed by atoms with Crippen LogP contribution in [0.4, 0.5) is 0 Å². The summed E-state index contributed by atoms with van der Waals surface area (Å²) in [5.74, 6) is 0.976. The Morgan fingerprint density at radius 2 is 2.17 bits per heavy atom. The van der Waals surface area contributed by atoms with Crippen molar-refractivity contribution in [3.63, 3.8) is 0 Å². The second-order valence-electron chi connectivity index (χ2n) is 5.08. The fourth-order valence-corrected chi connectivity index (χ4v) is 3.38. The van der Waals surface area contributed by atoms with E-state index in [0.29, 0.717) is 0 Å². The fraction of sp³-hybridized carbons (Fsp3) is 0.533. The molecule has 0 bridgehead atoms. The highest BCUT2D eigenvalue weighted by Crippen LogP contribution is 2.28. The van der Waals surface area contributed by atoms with Crippen LogP contribution in [0.2, 0.25) is 0 Å². The molecular formula is C15H20N2S. The molecule has 1 atom stereocenters. The maximum Gasteiger partial charge on any atom is 0.104 e. The molecule has 0 spiro atoms. The van der Waals surface area contributed by atoms with Gasteiger partial charge in [-0.2, -0.15) is 5.26 Å². The molecule has 1 N–H and O–H groups in total. The molecule has 1 aromatic carbocycles. The molecule has 1 aromatic rings. The highest BCUT2D eigenvalue weighted by atomic mass is 32.2. The zero-order valence-electron chi connectivity index (χ0n) is 11.1. The normalized spacial score (nSPS) is 16.9. The second kappa shape index (κ2) is 5.77. The summed E-state index contributed by atoms with van der Waals surface area (Å²) in [4.78, 5) is 1.34.